The van der Waals surface area contributed by atoms with Crippen molar-refractivity contribution in [2.45, 2.75) is 25.7 Å². The van der Waals surface area contributed by atoms with E-state index < -0.39 is 0 Å². The van der Waals surface area contributed by atoms with Crippen molar-refractivity contribution < 1.29 is 9.15 Å². The smallest absolute Gasteiger partial charge is 0.336 e. The molecule has 3 rings (SSSR count). The monoisotopic (exact) mass is 308 g/mol. The highest BCUT2D eigenvalue weighted by molar-refractivity contribution is 5.80. The van der Waals surface area contributed by atoms with Gasteiger partial charge in [0, 0.05) is 11.5 Å². The van der Waals surface area contributed by atoms with Crippen molar-refractivity contribution in [3.63, 3.8) is 0 Å². The third-order valence-electron chi connectivity index (χ3n) is 4.27. The van der Waals surface area contributed by atoms with Crippen molar-refractivity contribution in [2.75, 3.05) is 7.11 Å². The summed E-state index contributed by atoms with van der Waals surface area (Å²) in [6, 6.07) is 17.4. The number of para-hydroxylation sites is 2. The fourth-order valence-electron chi connectivity index (χ4n) is 3.09. The highest BCUT2D eigenvalue weighted by Gasteiger charge is 2.17. The molecule has 0 saturated carbocycles. The fraction of sp³-hybridized carbons (Fsp3) is 0.250. The van der Waals surface area contributed by atoms with E-state index in [-0.39, 0.29) is 11.5 Å². The van der Waals surface area contributed by atoms with Crippen LogP contribution in [-0.4, -0.2) is 7.11 Å². The largest absolute Gasteiger partial charge is 0.496 e. The van der Waals surface area contributed by atoms with E-state index in [9.17, 15) is 4.79 Å². The fourth-order valence-corrected chi connectivity index (χ4v) is 3.09. The average molecular weight is 308 g/mol. The zero-order chi connectivity index (χ0) is 16.2. The lowest BCUT2D eigenvalue weighted by Crippen LogP contribution is -2.07. The van der Waals surface area contributed by atoms with Gasteiger partial charge < -0.3 is 9.15 Å². The van der Waals surface area contributed by atoms with Gasteiger partial charge in [0.05, 0.1) is 7.11 Å². The van der Waals surface area contributed by atoms with Gasteiger partial charge in [-0.05, 0) is 42.0 Å². The first-order valence-electron chi connectivity index (χ1n) is 7.87. The Hall–Kier alpha value is -2.55. The van der Waals surface area contributed by atoms with Crippen molar-refractivity contribution in [3.8, 4) is 5.75 Å². The maximum atomic E-state index is 11.8. The average Bonchev–Trinajstić information content (AvgIpc) is 2.59. The topological polar surface area (TPSA) is 39.4 Å². The lowest BCUT2D eigenvalue weighted by Gasteiger charge is -2.19. The molecule has 23 heavy (non-hydrogen) atoms. The molecule has 0 N–H and O–H groups in total. The Morgan fingerprint density at radius 1 is 1.09 bits per heavy atom. The zero-order valence-corrected chi connectivity index (χ0v) is 13.4. The van der Waals surface area contributed by atoms with E-state index in [0.29, 0.717) is 5.58 Å². The molecular weight excluding hydrogens is 288 g/mol. The normalized spacial score (nSPS) is 12.3. The van der Waals surface area contributed by atoms with E-state index in [1.807, 2.05) is 42.5 Å². The molecule has 0 aliphatic heterocycles. The Kier molecular flexibility index (Phi) is 4.47. The summed E-state index contributed by atoms with van der Waals surface area (Å²) in [5, 5.41) is 1.00. The minimum absolute atomic E-state index is 0.288. The minimum atomic E-state index is -0.298. The number of benzene rings is 2. The van der Waals surface area contributed by atoms with Crippen LogP contribution in [0.2, 0.25) is 0 Å². The number of hydrogen-bond acceptors (Lipinski definition) is 3. The van der Waals surface area contributed by atoms with Crippen LogP contribution in [0, 0.1) is 0 Å². The van der Waals surface area contributed by atoms with Crippen LogP contribution >= 0.6 is 0 Å². The van der Waals surface area contributed by atoms with Crippen molar-refractivity contribution in [2.24, 2.45) is 0 Å². The molecule has 1 unspecified atom stereocenters. The van der Waals surface area contributed by atoms with Gasteiger partial charge in [0.15, 0.2) is 0 Å². The predicted octanol–water partition coefficient (Wildman–Crippen LogP) is 4.54. The third-order valence-corrected chi connectivity index (χ3v) is 4.27. The molecule has 0 spiro atoms. The second-order valence-electron chi connectivity index (χ2n) is 5.64. The predicted molar refractivity (Wildman–Crippen MR) is 92.2 cm³/mol. The van der Waals surface area contributed by atoms with Gasteiger partial charge in [0.25, 0.3) is 0 Å². The number of fused-ring (bicyclic) bond motifs is 1. The maximum Gasteiger partial charge on any atom is 0.336 e. The molecular formula is C20H20O3. The Morgan fingerprint density at radius 3 is 2.61 bits per heavy atom. The van der Waals surface area contributed by atoms with Crippen LogP contribution in [0.5, 0.6) is 5.75 Å². The standard InChI is InChI=1S/C20H20O3/c1-3-14(16-8-4-6-10-18(16)22-2)12-15-13-20(21)23-19-11-7-5-9-17(15)19/h4-11,13-14H,3,12H2,1-2H3. The second kappa shape index (κ2) is 6.69. The molecule has 2 aromatic carbocycles. The van der Waals surface area contributed by atoms with Crippen LogP contribution < -0.4 is 10.4 Å². The summed E-state index contributed by atoms with van der Waals surface area (Å²) in [6.07, 6.45) is 1.75. The zero-order valence-electron chi connectivity index (χ0n) is 13.4. The Bertz CT molecular complexity index is 864. The number of methoxy groups -OCH3 is 1. The van der Waals surface area contributed by atoms with Crippen LogP contribution in [0.15, 0.2) is 63.8 Å². The summed E-state index contributed by atoms with van der Waals surface area (Å²) in [4.78, 5) is 11.8. The number of ether oxygens (including phenoxy) is 1. The van der Waals surface area contributed by atoms with Gasteiger partial charge in [-0.15, -0.1) is 0 Å². The van der Waals surface area contributed by atoms with Gasteiger partial charge in [0.2, 0.25) is 0 Å². The van der Waals surface area contributed by atoms with Crippen molar-refractivity contribution in [1.82, 2.24) is 0 Å². The van der Waals surface area contributed by atoms with E-state index >= 15 is 0 Å². The molecule has 3 heteroatoms. The molecule has 0 bridgehead atoms. The highest BCUT2D eigenvalue weighted by Crippen LogP contribution is 2.32. The van der Waals surface area contributed by atoms with Crippen LogP contribution in [0.3, 0.4) is 0 Å². The van der Waals surface area contributed by atoms with Crippen molar-refractivity contribution in [3.05, 3.63) is 76.1 Å². The lowest BCUT2D eigenvalue weighted by atomic mass is 9.88. The quantitative estimate of drug-likeness (QED) is 0.650. The summed E-state index contributed by atoms with van der Waals surface area (Å²) < 4.78 is 10.8. The first-order chi connectivity index (χ1) is 11.2. The van der Waals surface area contributed by atoms with E-state index in [2.05, 4.69) is 13.0 Å². The summed E-state index contributed by atoms with van der Waals surface area (Å²) in [5.41, 5.74) is 2.54. The molecule has 1 heterocycles. The van der Waals surface area contributed by atoms with Gasteiger partial charge in [-0.3, -0.25) is 0 Å². The van der Waals surface area contributed by atoms with Crippen molar-refractivity contribution in [1.29, 1.82) is 0 Å². The summed E-state index contributed by atoms with van der Waals surface area (Å²) in [7, 11) is 1.69. The molecule has 0 aliphatic carbocycles. The Labute approximate surface area is 135 Å². The van der Waals surface area contributed by atoms with Gasteiger partial charge >= 0.3 is 5.63 Å². The summed E-state index contributed by atoms with van der Waals surface area (Å²) >= 11 is 0. The summed E-state index contributed by atoms with van der Waals surface area (Å²) in [5.74, 6) is 1.18. The molecule has 0 fully saturated rings. The van der Waals surface area contributed by atoms with Gasteiger partial charge in [-0.25, -0.2) is 4.79 Å². The van der Waals surface area contributed by atoms with E-state index in [0.717, 1.165) is 29.5 Å². The molecule has 118 valence electrons. The number of rotatable bonds is 5. The molecule has 0 radical (unpaired) electrons. The summed E-state index contributed by atoms with van der Waals surface area (Å²) in [6.45, 7) is 2.16. The third kappa shape index (κ3) is 3.14. The minimum Gasteiger partial charge on any atom is -0.496 e. The Balaban J connectivity index is 2.04. The molecule has 1 aromatic heterocycles. The second-order valence-corrected chi connectivity index (χ2v) is 5.64. The Morgan fingerprint density at radius 2 is 1.83 bits per heavy atom. The molecule has 0 saturated heterocycles. The van der Waals surface area contributed by atoms with Crippen LogP contribution in [0.4, 0.5) is 0 Å². The lowest BCUT2D eigenvalue weighted by molar-refractivity contribution is 0.404. The molecule has 1 atom stereocenters. The van der Waals surface area contributed by atoms with Gasteiger partial charge in [-0.1, -0.05) is 43.3 Å². The molecule has 3 aromatic rings. The van der Waals surface area contributed by atoms with Crippen LogP contribution in [-0.2, 0) is 6.42 Å². The van der Waals surface area contributed by atoms with Gasteiger partial charge in [0.1, 0.15) is 11.3 Å². The van der Waals surface area contributed by atoms with E-state index in [4.69, 9.17) is 9.15 Å². The molecule has 0 amide bonds. The maximum absolute atomic E-state index is 11.8. The highest BCUT2D eigenvalue weighted by atomic mass is 16.5. The molecule has 0 aliphatic rings. The molecule has 3 nitrogen and oxygen atoms in total. The van der Waals surface area contributed by atoms with Crippen molar-refractivity contribution >= 4 is 11.0 Å². The SMILES string of the molecule is CCC(Cc1cc(=O)oc2ccccc12)c1ccccc1OC. The van der Waals surface area contributed by atoms with Gasteiger partial charge in [-0.2, -0.15) is 0 Å². The first kappa shape index (κ1) is 15.3. The number of hydrogen-bond donors (Lipinski definition) is 0. The first-order valence-corrected chi connectivity index (χ1v) is 7.87. The van der Waals surface area contributed by atoms with Crippen LogP contribution in [0.1, 0.15) is 30.4 Å². The van der Waals surface area contributed by atoms with Crippen LogP contribution in [0.25, 0.3) is 11.0 Å². The van der Waals surface area contributed by atoms with E-state index in [1.54, 1.807) is 13.2 Å². The van der Waals surface area contributed by atoms with E-state index in [1.165, 1.54) is 5.56 Å².